The summed E-state index contributed by atoms with van der Waals surface area (Å²) in [5, 5.41) is 3.06. The molecule has 0 aromatic heterocycles. The Morgan fingerprint density at radius 1 is 1.39 bits per heavy atom. The van der Waals surface area contributed by atoms with Gasteiger partial charge < -0.3 is 11.1 Å². The van der Waals surface area contributed by atoms with Gasteiger partial charge in [-0.3, -0.25) is 9.69 Å². The molecule has 0 aromatic carbocycles. The van der Waals surface area contributed by atoms with Gasteiger partial charge in [-0.2, -0.15) is 0 Å². The lowest BCUT2D eigenvalue weighted by molar-refractivity contribution is -0.122. The number of carbonyl (C=O) groups is 1. The molecule has 0 aromatic rings. The number of nitrogens with two attached hydrogens (primary N) is 1. The second kappa shape index (κ2) is 6.53. The molecule has 3 N–H and O–H groups in total. The molecule has 1 amide bonds. The highest BCUT2D eigenvalue weighted by molar-refractivity contribution is 5.77. The van der Waals surface area contributed by atoms with Crippen molar-refractivity contribution in [3.05, 3.63) is 0 Å². The number of hydrogen-bond donors (Lipinski definition) is 2. The Labute approximate surface area is 110 Å². The minimum atomic E-state index is 0.181. The van der Waals surface area contributed by atoms with Crippen LogP contribution in [0.5, 0.6) is 0 Å². The Morgan fingerprint density at radius 3 is 2.56 bits per heavy atom. The summed E-state index contributed by atoms with van der Waals surface area (Å²) >= 11 is 0. The lowest BCUT2D eigenvalue weighted by Gasteiger charge is -2.36. The van der Waals surface area contributed by atoms with Crippen LogP contribution >= 0.6 is 0 Å². The van der Waals surface area contributed by atoms with Gasteiger partial charge in [0.25, 0.3) is 0 Å². The average molecular weight is 253 g/mol. The molecule has 0 saturated heterocycles. The van der Waals surface area contributed by atoms with Gasteiger partial charge in [-0.25, -0.2) is 0 Å². The van der Waals surface area contributed by atoms with Crippen LogP contribution in [0.15, 0.2) is 0 Å². The van der Waals surface area contributed by atoms with Crippen molar-refractivity contribution in [2.45, 2.75) is 57.5 Å². The fourth-order valence-electron chi connectivity index (χ4n) is 2.63. The van der Waals surface area contributed by atoms with Crippen LogP contribution in [0.1, 0.15) is 45.4 Å². The van der Waals surface area contributed by atoms with Gasteiger partial charge in [-0.05, 0) is 38.1 Å². The minimum absolute atomic E-state index is 0.181. The van der Waals surface area contributed by atoms with Crippen molar-refractivity contribution >= 4 is 5.91 Å². The molecule has 2 aliphatic carbocycles. The van der Waals surface area contributed by atoms with Crippen molar-refractivity contribution < 1.29 is 4.79 Å². The van der Waals surface area contributed by atoms with Crippen LogP contribution < -0.4 is 11.1 Å². The van der Waals surface area contributed by atoms with E-state index in [0.29, 0.717) is 19.0 Å². The highest BCUT2D eigenvalue weighted by atomic mass is 16.1. The van der Waals surface area contributed by atoms with Crippen LogP contribution in [0, 0.1) is 5.92 Å². The van der Waals surface area contributed by atoms with Crippen molar-refractivity contribution in [3.63, 3.8) is 0 Å². The maximum Gasteiger partial charge on any atom is 0.221 e. The number of likely N-dealkylation sites (N-methyl/N-ethyl adjacent to an activating group) is 1. The van der Waals surface area contributed by atoms with E-state index in [1.807, 2.05) is 0 Å². The molecule has 4 heteroatoms. The summed E-state index contributed by atoms with van der Waals surface area (Å²) in [6, 6.07) is 0.673. The maximum absolute atomic E-state index is 11.9. The molecule has 0 radical (unpaired) electrons. The van der Waals surface area contributed by atoms with E-state index in [2.05, 4.69) is 17.1 Å². The van der Waals surface area contributed by atoms with Crippen LogP contribution in [0.3, 0.4) is 0 Å². The zero-order valence-corrected chi connectivity index (χ0v) is 11.5. The quantitative estimate of drug-likeness (QED) is 0.681. The molecule has 0 heterocycles. The van der Waals surface area contributed by atoms with Gasteiger partial charge in [0.15, 0.2) is 0 Å². The van der Waals surface area contributed by atoms with E-state index < -0.39 is 0 Å². The van der Waals surface area contributed by atoms with Crippen LogP contribution in [0.25, 0.3) is 0 Å². The monoisotopic (exact) mass is 253 g/mol. The van der Waals surface area contributed by atoms with Crippen LogP contribution in [0.4, 0.5) is 0 Å². The van der Waals surface area contributed by atoms with Crippen molar-refractivity contribution in [3.8, 4) is 0 Å². The topological polar surface area (TPSA) is 58.4 Å². The van der Waals surface area contributed by atoms with Gasteiger partial charge in [0.05, 0.1) is 0 Å². The molecule has 2 saturated carbocycles. The molecule has 2 rings (SSSR count). The van der Waals surface area contributed by atoms with Gasteiger partial charge in [-0.15, -0.1) is 0 Å². The predicted octanol–water partition coefficient (Wildman–Crippen LogP) is 1.10. The van der Waals surface area contributed by atoms with E-state index >= 15 is 0 Å². The first-order valence-corrected chi connectivity index (χ1v) is 7.46. The Hall–Kier alpha value is -0.610. The van der Waals surface area contributed by atoms with Gasteiger partial charge in [0, 0.05) is 31.6 Å². The standard InChI is InChI=1S/C14H27N3O/c1-2-17(10-11-4-3-5-11)13(9-15)8-14(18)16-12-6-7-12/h11-13H,2-10,15H2,1H3,(H,16,18). The molecule has 0 aliphatic heterocycles. The maximum atomic E-state index is 11.9. The zero-order chi connectivity index (χ0) is 13.0. The smallest absolute Gasteiger partial charge is 0.221 e. The molecular weight excluding hydrogens is 226 g/mol. The number of hydrogen-bond acceptors (Lipinski definition) is 3. The van der Waals surface area contributed by atoms with E-state index in [-0.39, 0.29) is 11.9 Å². The fourth-order valence-corrected chi connectivity index (χ4v) is 2.63. The normalized spacial score (nSPS) is 21.7. The first-order valence-electron chi connectivity index (χ1n) is 7.46. The van der Waals surface area contributed by atoms with E-state index in [0.717, 1.165) is 31.8 Å². The molecule has 1 unspecified atom stereocenters. The summed E-state index contributed by atoms with van der Waals surface area (Å²) < 4.78 is 0. The molecule has 4 nitrogen and oxygen atoms in total. The molecular formula is C14H27N3O. The van der Waals surface area contributed by atoms with Crippen molar-refractivity contribution in [2.75, 3.05) is 19.6 Å². The van der Waals surface area contributed by atoms with Crippen LogP contribution in [0.2, 0.25) is 0 Å². The predicted molar refractivity (Wildman–Crippen MR) is 73.2 cm³/mol. The van der Waals surface area contributed by atoms with Crippen molar-refractivity contribution in [1.82, 2.24) is 10.2 Å². The second-order valence-corrected chi connectivity index (χ2v) is 5.82. The van der Waals surface area contributed by atoms with Gasteiger partial charge in [0.1, 0.15) is 0 Å². The molecule has 2 aliphatic rings. The third-order valence-electron chi connectivity index (χ3n) is 4.28. The Morgan fingerprint density at radius 2 is 2.11 bits per heavy atom. The van der Waals surface area contributed by atoms with Gasteiger partial charge in [0.2, 0.25) is 5.91 Å². The van der Waals surface area contributed by atoms with E-state index in [1.54, 1.807) is 0 Å². The van der Waals surface area contributed by atoms with Crippen LogP contribution in [-0.2, 0) is 4.79 Å². The Bertz CT molecular complexity index is 274. The largest absolute Gasteiger partial charge is 0.353 e. The molecule has 18 heavy (non-hydrogen) atoms. The van der Waals surface area contributed by atoms with Crippen molar-refractivity contribution in [1.29, 1.82) is 0 Å². The lowest BCUT2D eigenvalue weighted by Crippen LogP contribution is -2.46. The number of carbonyl (C=O) groups excluding carboxylic acids is 1. The molecule has 1 atom stereocenters. The van der Waals surface area contributed by atoms with Gasteiger partial charge >= 0.3 is 0 Å². The second-order valence-electron chi connectivity index (χ2n) is 5.82. The first kappa shape index (κ1) is 13.8. The summed E-state index contributed by atoms with van der Waals surface area (Å²) in [5.74, 6) is 1.02. The Kier molecular flexibility index (Phi) is 5.01. The summed E-state index contributed by atoms with van der Waals surface area (Å²) in [6.45, 7) is 4.86. The highest BCUT2D eigenvalue weighted by Gasteiger charge is 2.28. The van der Waals surface area contributed by atoms with Crippen LogP contribution in [-0.4, -0.2) is 42.5 Å². The minimum Gasteiger partial charge on any atom is -0.353 e. The number of nitrogens with one attached hydrogen (secondary N) is 1. The third-order valence-corrected chi connectivity index (χ3v) is 4.28. The van der Waals surface area contributed by atoms with E-state index in [1.165, 1.54) is 19.3 Å². The summed E-state index contributed by atoms with van der Waals surface area (Å²) in [7, 11) is 0. The van der Waals surface area contributed by atoms with E-state index in [9.17, 15) is 4.79 Å². The number of nitrogens with zero attached hydrogens (tertiary/aromatic N) is 1. The molecule has 104 valence electrons. The summed E-state index contributed by atoms with van der Waals surface area (Å²) in [4.78, 5) is 14.3. The average Bonchev–Trinajstić information content (AvgIpc) is 3.09. The number of amides is 1. The summed E-state index contributed by atoms with van der Waals surface area (Å²) in [6.07, 6.45) is 6.94. The molecule has 0 spiro atoms. The Balaban J connectivity index is 1.77. The van der Waals surface area contributed by atoms with Crippen molar-refractivity contribution in [2.24, 2.45) is 11.7 Å². The lowest BCUT2D eigenvalue weighted by atomic mass is 9.84. The fraction of sp³-hybridized carbons (Fsp3) is 0.929. The zero-order valence-electron chi connectivity index (χ0n) is 11.5. The number of rotatable bonds is 8. The molecule has 2 fully saturated rings. The molecule has 0 bridgehead atoms. The SMILES string of the molecule is CCN(CC1CCC1)C(CN)CC(=O)NC1CC1. The highest BCUT2D eigenvalue weighted by Crippen LogP contribution is 2.28. The van der Waals surface area contributed by atoms with Gasteiger partial charge in [-0.1, -0.05) is 13.3 Å². The van der Waals surface area contributed by atoms with E-state index in [4.69, 9.17) is 5.73 Å². The summed E-state index contributed by atoms with van der Waals surface area (Å²) in [5.41, 5.74) is 5.86. The first-order chi connectivity index (χ1) is 8.72. The third kappa shape index (κ3) is 3.95.